The third kappa shape index (κ3) is 2.82. The Balaban J connectivity index is 1.54. The number of hydrogen-bond acceptors (Lipinski definition) is 2. The Morgan fingerprint density at radius 3 is 2.92 bits per heavy atom. The predicted octanol–water partition coefficient (Wildman–Crippen LogP) is 2.50. The molecular formula is C11H18O2. The molecule has 0 radical (unpaired) electrons. The van der Waals surface area contributed by atoms with Crippen LogP contribution in [-0.4, -0.2) is 19.5 Å². The first-order valence-corrected chi connectivity index (χ1v) is 5.27. The zero-order valence-corrected chi connectivity index (χ0v) is 8.13. The molecule has 1 aliphatic heterocycles. The standard InChI is InChI=1S/C11H18O2/c1-9-8-10(9)5-7-13-11-4-2-3-6-12-11/h10-11H,1-8H2. The second kappa shape index (κ2) is 4.25. The molecule has 2 nitrogen and oxygen atoms in total. The molecule has 1 saturated carbocycles. The monoisotopic (exact) mass is 182 g/mol. The molecule has 0 spiro atoms. The molecule has 2 aliphatic rings. The van der Waals surface area contributed by atoms with E-state index in [0.29, 0.717) is 0 Å². The van der Waals surface area contributed by atoms with Gasteiger partial charge in [0, 0.05) is 6.61 Å². The molecule has 0 N–H and O–H groups in total. The Morgan fingerprint density at radius 2 is 2.31 bits per heavy atom. The summed E-state index contributed by atoms with van der Waals surface area (Å²) in [4.78, 5) is 0. The minimum absolute atomic E-state index is 0.0840. The normalized spacial score (nSPS) is 33.4. The fourth-order valence-corrected chi connectivity index (χ4v) is 1.75. The van der Waals surface area contributed by atoms with E-state index in [1.54, 1.807) is 0 Å². The van der Waals surface area contributed by atoms with Crippen LogP contribution in [-0.2, 0) is 9.47 Å². The largest absolute Gasteiger partial charge is 0.353 e. The zero-order valence-electron chi connectivity index (χ0n) is 8.13. The van der Waals surface area contributed by atoms with E-state index in [9.17, 15) is 0 Å². The lowest BCUT2D eigenvalue weighted by molar-refractivity contribution is -0.163. The van der Waals surface area contributed by atoms with Gasteiger partial charge < -0.3 is 9.47 Å². The second-order valence-corrected chi connectivity index (χ2v) is 4.01. The van der Waals surface area contributed by atoms with Gasteiger partial charge in [0.1, 0.15) is 0 Å². The summed E-state index contributed by atoms with van der Waals surface area (Å²) in [6.45, 7) is 5.64. The molecule has 0 aromatic carbocycles. The fraction of sp³-hybridized carbons (Fsp3) is 0.818. The summed E-state index contributed by atoms with van der Waals surface area (Å²) in [7, 11) is 0. The van der Waals surface area contributed by atoms with Crippen LogP contribution in [0.25, 0.3) is 0 Å². The minimum Gasteiger partial charge on any atom is -0.353 e. The van der Waals surface area contributed by atoms with Crippen LogP contribution in [0.3, 0.4) is 0 Å². The van der Waals surface area contributed by atoms with Gasteiger partial charge in [-0.25, -0.2) is 0 Å². The first-order chi connectivity index (χ1) is 6.36. The topological polar surface area (TPSA) is 18.5 Å². The van der Waals surface area contributed by atoms with E-state index in [1.807, 2.05) is 0 Å². The van der Waals surface area contributed by atoms with Crippen LogP contribution in [0.5, 0.6) is 0 Å². The summed E-state index contributed by atoms with van der Waals surface area (Å²) >= 11 is 0. The number of ether oxygens (including phenoxy) is 2. The lowest BCUT2D eigenvalue weighted by Gasteiger charge is -2.22. The smallest absolute Gasteiger partial charge is 0.157 e. The minimum atomic E-state index is 0.0840. The molecule has 0 aromatic heterocycles. The molecule has 1 saturated heterocycles. The van der Waals surface area contributed by atoms with Crippen molar-refractivity contribution >= 4 is 0 Å². The summed E-state index contributed by atoms with van der Waals surface area (Å²) < 4.78 is 11.1. The van der Waals surface area contributed by atoms with E-state index < -0.39 is 0 Å². The maximum atomic E-state index is 5.62. The predicted molar refractivity (Wildman–Crippen MR) is 51.4 cm³/mol. The van der Waals surface area contributed by atoms with E-state index >= 15 is 0 Å². The van der Waals surface area contributed by atoms with Crippen molar-refractivity contribution in [3.05, 3.63) is 12.2 Å². The van der Waals surface area contributed by atoms with Crippen molar-refractivity contribution in [3.63, 3.8) is 0 Å². The van der Waals surface area contributed by atoms with Crippen molar-refractivity contribution in [2.75, 3.05) is 13.2 Å². The van der Waals surface area contributed by atoms with Gasteiger partial charge in [0.25, 0.3) is 0 Å². The summed E-state index contributed by atoms with van der Waals surface area (Å²) in [5, 5.41) is 0. The third-order valence-corrected chi connectivity index (χ3v) is 2.83. The fourth-order valence-electron chi connectivity index (χ4n) is 1.75. The van der Waals surface area contributed by atoms with Gasteiger partial charge in [0.05, 0.1) is 6.61 Å². The van der Waals surface area contributed by atoms with Crippen LogP contribution < -0.4 is 0 Å². The lowest BCUT2D eigenvalue weighted by atomic mass is 10.2. The molecule has 2 fully saturated rings. The van der Waals surface area contributed by atoms with Gasteiger partial charge in [-0.05, 0) is 38.0 Å². The van der Waals surface area contributed by atoms with Crippen LogP contribution in [0.4, 0.5) is 0 Å². The highest BCUT2D eigenvalue weighted by Crippen LogP contribution is 2.38. The maximum Gasteiger partial charge on any atom is 0.157 e. The van der Waals surface area contributed by atoms with E-state index in [1.165, 1.54) is 24.8 Å². The SMILES string of the molecule is C=C1CC1CCOC1CCCCO1. The number of hydrogen-bond donors (Lipinski definition) is 0. The van der Waals surface area contributed by atoms with Crippen LogP contribution in [0.1, 0.15) is 32.1 Å². The molecule has 13 heavy (non-hydrogen) atoms. The molecule has 2 atom stereocenters. The van der Waals surface area contributed by atoms with Crippen LogP contribution in [0, 0.1) is 5.92 Å². The quantitative estimate of drug-likeness (QED) is 0.622. The second-order valence-electron chi connectivity index (χ2n) is 4.01. The van der Waals surface area contributed by atoms with Crippen molar-refractivity contribution < 1.29 is 9.47 Å². The van der Waals surface area contributed by atoms with Crippen LogP contribution in [0.2, 0.25) is 0 Å². The molecule has 0 amide bonds. The molecule has 2 heteroatoms. The first kappa shape index (κ1) is 9.22. The molecule has 2 rings (SSSR count). The van der Waals surface area contributed by atoms with Crippen molar-refractivity contribution in [1.82, 2.24) is 0 Å². The summed E-state index contributed by atoms with van der Waals surface area (Å²) in [6, 6.07) is 0. The average molecular weight is 182 g/mol. The Labute approximate surface area is 79.9 Å². The highest BCUT2D eigenvalue weighted by molar-refractivity contribution is 5.18. The van der Waals surface area contributed by atoms with E-state index in [2.05, 4.69) is 6.58 Å². The highest BCUT2D eigenvalue weighted by Gasteiger charge is 2.26. The molecule has 0 aromatic rings. The van der Waals surface area contributed by atoms with Crippen molar-refractivity contribution in [3.8, 4) is 0 Å². The zero-order chi connectivity index (χ0) is 9.10. The van der Waals surface area contributed by atoms with Gasteiger partial charge in [-0.2, -0.15) is 0 Å². The average Bonchev–Trinajstić information content (AvgIpc) is 2.84. The molecule has 74 valence electrons. The molecule has 2 unspecified atom stereocenters. The lowest BCUT2D eigenvalue weighted by Crippen LogP contribution is -2.22. The highest BCUT2D eigenvalue weighted by atomic mass is 16.7. The van der Waals surface area contributed by atoms with Crippen molar-refractivity contribution in [2.45, 2.75) is 38.4 Å². The Bertz CT molecular complexity index is 183. The number of rotatable bonds is 4. The molecule has 1 heterocycles. The van der Waals surface area contributed by atoms with E-state index in [-0.39, 0.29) is 6.29 Å². The van der Waals surface area contributed by atoms with Gasteiger partial charge >= 0.3 is 0 Å². The molecule has 1 aliphatic carbocycles. The van der Waals surface area contributed by atoms with Crippen molar-refractivity contribution in [1.29, 1.82) is 0 Å². The summed E-state index contributed by atoms with van der Waals surface area (Å²) in [5.74, 6) is 0.753. The van der Waals surface area contributed by atoms with E-state index in [0.717, 1.165) is 32.0 Å². The molecule has 0 bridgehead atoms. The van der Waals surface area contributed by atoms with Crippen LogP contribution in [0.15, 0.2) is 12.2 Å². The Kier molecular flexibility index (Phi) is 3.01. The summed E-state index contributed by atoms with van der Waals surface area (Å²) in [5.41, 5.74) is 1.40. The van der Waals surface area contributed by atoms with Gasteiger partial charge in [-0.15, -0.1) is 0 Å². The number of allylic oxidation sites excluding steroid dienone is 1. The van der Waals surface area contributed by atoms with Gasteiger partial charge in [0.2, 0.25) is 0 Å². The first-order valence-electron chi connectivity index (χ1n) is 5.27. The van der Waals surface area contributed by atoms with Crippen molar-refractivity contribution in [2.24, 2.45) is 5.92 Å². The van der Waals surface area contributed by atoms with Gasteiger partial charge in [-0.3, -0.25) is 0 Å². The van der Waals surface area contributed by atoms with E-state index in [4.69, 9.17) is 9.47 Å². The third-order valence-electron chi connectivity index (χ3n) is 2.83. The summed E-state index contributed by atoms with van der Waals surface area (Å²) in [6.07, 6.45) is 5.96. The van der Waals surface area contributed by atoms with Gasteiger partial charge in [-0.1, -0.05) is 12.2 Å². The Morgan fingerprint density at radius 1 is 1.46 bits per heavy atom. The maximum absolute atomic E-state index is 5.62. The van der Waals surface area contributed by atoms with Crippen LogP contribution >= 0.6 is 0 Å². The van der Waals surface area contributed by atoms with Gasteiger partial charge in [0.15, 0.2) is 6.29 Å². The Hall–Kier alpha value is -0.340. The molecular weight excluding hydrogens is 164 g/mol.